The molecule has 17 heavy (non-hydrogen) atoms. The lowest BCUT2D eigenvalue weighted by atomic mass is 10.2. The minimum atomic E-state index is 0.443. The van der Waals surface area contributed by atoms with E-state index in [1.807, 2.05) is 19.2 Å². The molecule has 0 aliphatic carbocycles. The number of aromatic nitrogens is 2. The molecule has 0 aliphatic heterocycles. The van der Waals surface area contributed by atoms with Gasteiger partial charge in [-0.05, 0) is 24.1 Å². The molecule has 0 atom stereocenters. The molecule has 0 radical (unpaired) electrons. The summed E-state index contributed by atoms with van der Waals surface area (Å²) in [6.07, 6.45) is 1.04. The third kappa shape index (κ3) is 2.94. The first kappa shape index (κ1) is 11.9. The van der Waals surface area contributed by atoms with E-state index in [1.165, 1.54) is 17.1 Å². The standard InChI is InChI=1S/C12H15N3OS/c1-3-9-4-6-10(7-5-9)16-8-11-12(13-2)17-15-14-11/h4-7,13H,3,8H2,1-2H3. The lowest BCUT2D eigenvalue weighted by molar-refractivity contribution is 0.301. The lowest BCUT2D eigenvalue weighted by Gasteiger charge is -2.05. The number of hydrogen-bond acceptors (Lipinski definition) is 5. The van der Waals surface area contributed by atoms with Crippen LogP contribution < -0.4 is 10.1 Å². The molecule has 2 aromatic rings. The summed E-state index contributed by atoms with van der Waals surface area (Å²) >= 11 is 1.34. The lowest BCUT2D eigenvalue weighted by Crippen LogP contribution is -1.99. The quantitative estimate of drug-likeness (QED) is 0.885. The van der Waals surface area contributed by atoms with Crippen LogP contribution in [0.2, 0.25) is 0 Å². The molecule has 2 rings (SSSR count). The van der Waals surface area contributed by atoms with E-state index < -0.39 is 0 Å². The molecule has 0 aliphatic rings. The Hall–Kier alpha value is -1.62. The predicted molar refractivity (Wildman–Crippen MR) is 69.6 cm³/mol. The molecule has 0 amide bonds. The van der Waals surface area contributed by atoms with Gasteiger partial charge in [-0.15, -0.1) is 5.10 Å². The summed E-state index contributed by atoms with van der Waals surface area (Å²) in [4.78, 5) is 0. The van der Waals surface area contributed by atoms with Crippen LogP contribution in [0.15, 0.2) is 24.3 Å². The van der Waals surface area contributed by atoms with Crippen molar-refractivity contribution >= 4 is 16.5 Å². The van der Waals surface area contributed by atoms with Gasteiger partial charge in [-0.1, -0.05) is 23.5 Å². The van der Waals surface area contributed by atoms with Gasteiger partial charge < -0.3 is 10.1 Å². The Morgan fingerprint density at radius 2 is 2.06 bits per heavy atom. The van der Waals surface area contributed by atoms with Crippen molar-refractivity contribution in [2.24, 2.45) is 0 Å². The monoisotopic (exact) mass is 249 g/mol. The van der Waals surface area contributed by atoms with Gasteiger partial charge in [0.1, 0.15) is 23.1 Å². The third-order valence-corrected chi connectivity index (χ3v) is 3.28. The Morgan fingerprint density at radius 3 is 2.71 bits per heavy atom. The van der Waals surface area contributed by atoms with Gasteiger partial charge in [-0.25, -0.2) is 0 Å². The summed E-state index contributed by atoms with van der Waals surface area (Å²) in [5.41, 5.74) is 2.15. The third-order valence-electron chi connectivity index (χ3n) is 2.49. The van der Waals surface area contributed by atoms with Crippen LogP contribution in [0.4, 0.5) is 5.00 Å². The van der Waals surface area contributed by atoms with Crippen LogP contribution >= 0.6 is 11.5 Å². The highest BCUT2D eigenvalue weighted by molar-refractivity contribution is 7.10. The molecule has 4 nitrogen and oxygen atoms in total. The van der Waals surface area contributed by atoms with Gasteiger partial charge in [0.2, 0.25) is 0 Å². The first-order valence-corrected chi connectivity index (χ1v) is 6.31. The molecule has 90 valence electrons. The maximum atomic E-state index is 5.66. The second-order valence-corrected chi connectivity index (χ2v) is 4.34. The maximum Gasteiger partial charge on any atom is 0.136 e. The molecule has 1 heterocycles. The SMILES string of the molecule is CCc1ccc(OCc2nnsc2NC)cc1. The second-order valence-electron chi connectivity index (χ2n) is 3.58. The second kappa shape index (κ2) is 5.63. The van der Waals surface area contributed by atoms with Crippen molar-refractivity contribution in [1.82, 2.24) is 9.59 Å². The number of benzene rings is 1. The molecule has 1 N–H and O–H groups in total. The zero-order valence-corrected chi connectivity index (χ0v) is 10.8. The van der Waals surface area contributed by atoms with Crippen LogP contribution in [0, 0.1) is 0 Å². The van der Waals surface area contributed by atoms with Gasteiger partial charge in [0.05, 0.1) is 0 Å². The highest BCUT2D eigenvalue weighted by Crippen LogP contribution is 2.19. The van der Waals surface area contributed by atoms with Gasteiger partial charge in [-0.2, -0.15) is 0 Å². The van der Waals surface area contributed by atoms with Gasteiger partial charge in [0.15, 0.2) is 0 Å². The smallest absolute Gasteiger partial charge is 0.136 e. The minimum absolute atomic E-state index is 0.443. The Bertz CT molecular complexity index is 467. The topological polar surface area (TPSA) is 47.0 Å². The van der Waals surface area contributed by atoms with Crippen molar-refractivity contribution in [2.75, 3.05) is 12.4 Å². The average Bonchev–Trinajstić information content (AvgIpc) is 2.84. The Kier molecular flexibility index (Phi) is 3.93. The number of anilines is 1. The molecule has 0 saturated heterocycles. The average molecular weight is 249 g/mol. The molecule has 0 spiro atoms. The van der Waals surface area contributed by atoms with Gasteiger partial charge in [0.25, 0.3) is 0 Å². The van der Waals surface area contributed by atoms with Crippen molar-refractivity contribution in [3.63, 3.8) is 0 Å². The summed E-state index contributed by atoms with van der Waals surface area (Å²) in [6.45, 7) is 2.58. The summed E-state index contributed by atoms with van der Waals surface area (Å²) < 4.78 is 9.54. The van der Waals surface area contributed by atoms with E-state index in [9.17, 15) is 0 Å². The largest absolute Gasteiger partial charge is 0.487 e. The molecular weight excluding hydrogens is 234 g/mol. The van der Waals surface area contributed by atoms with Crippen LogP contribution in [0.1, 0.15) is 18.2 Å². The maximum absolute atomic E-state index is 5.66. The molecule has 1 aromatic heterocycles. The van der Waals surface area contributed by atoms with E-state index >= 15 is 0 Å². The van der Waals surface area contributed by atoms with Crippen LogP contribution in [-0.4, -0.2) is 16.6 Å². The Labute approximate surface area is 105 Å². The summed E-state index contributed by atoms with van der Waals surface area (Å²) in [5.74, 6) is 0.859. The van der Waals surface area contributed by atoms with E-state index in [0.717, 1.165) is 22.9 Å². The zero-order chi connectivity index (χ0) is 12.1. The molecule has 0 saturated carbocycles. The van der Waals surface area contributed by atoms with E-state index in [0.29, 0.717) is 6.61 Å². The van der Waals surface area contributed by atoms with E-state index in [1.54, 1.807) is 0 Å². The predicted octanol–water partition coefficient (Wildman–Crippen LogP) is 2.72. The van der Waals surface area contributed by atoms with E-state index in [4.69, 9.17) is 4.74 Å². The normalized spacial score (nSPS) is 10.2. The summed E-state index contributed by atoms with van der Waals surface area (Å²) in [5, 5.41) is 8.01. The number of hydrogen-bond donors (Lipinski definition) is 1. The number of nitrogens with one attached hydrogen (secondary N) is 1. The molecule has 0 unspecified atom stereocenters. The van der Waals surface area contributed by atoms with Crippen LogP contribution in [0.25, 0.3) is 0 Å². The van der Waals surface area contributed by atoms with Gasteiger partial charge in [0, 0.05) is 18.6 Å². The van der Waals surface area contributed by atoms with Crippen LogP contribution in [-0.2, 0) is 13.0 Å². The number of rotatable bonds is 5. The van der Waals surface area contributed by atoms with E-state index in [2.05, 4.69) is 34.0 Å². The molecular formula is C12H15N3OS. The fourth-order valence-corrected chi connectivity index (χ4v) is 1.98. The molecule has 1 aromatic carbocycles. The highest BCUT2D eigenvalue weighted by Gasteiger charge is 2.06. The molecule has 5 heteroatoms. The first-order valence-electron chi connectivity index (χ1n) is 5.54. The fraction of sp³-hybridized carbons (Fsp3) is 0.333. The Morgan fingerprint density at radius 1 is 1.29 bits per heavy atom. The fourth-order valence-electron chi connectivity index (χ4n) is 1.47. The van der Waals surface area contributed by atoms with Gasteiger partial charge >= 0.3 is 0 Å². The minimum Gasteiger partial charge on any atom is -0.487 e. The van der Waals surface area contributed by atoms with Crippen molar-refractivity contribution in [3.05, 3.63) is 35.5 Å². The zero-order valence-electron chi connectivity index (χ0n) is 9.93. The van der Waals surface area contributed by atoms with Crippen LogP contribution in [0.3, 0.4) is 0 Å². The van der Waals surface area contributed by atoms with E-state index in [-0.39, 0.29) is 0 Å². The number of aryl methyl sites for hydroxylation is 1. The van der Waals surface area contributed by atoms with Crippen molar-refractivity contribution < 1.29 is 4.74 Å². The van der Waals surface area contributed by atoms with Gasteiger partial charge in [-0.3, -0.25) is 0 Å². The molecule has 0 bridgehead atoms. The summed E-state index contributed by atoms with van der Waals surface area (Å²) in [7, 11) is 1.86. The number of ether oxygens (including phenoxy) is 1. The Balaban J connectivity index is 1.97. The van der Waals surface area contributed by atoms with Crippen molar-refractivity contribution in [1.29, 1.82) is 0 Å². The van der Waals surface area contributed by atoms with Crippen molar-refractivity contribution in [3.8, 4) is 5.75 Å². The van der Waals surface area contributed by atoms with Crippen LogP contribution in [0.5, 0.6) is 5.75 Å². The first-order chi connectivity index (χ1) is 8.33. The molecule has 0 fully saturated rings. The summed E-state index contributed by atoms with van der Waals surface area (Å²) in [6, 6.07) is 8.12. The highest BCUT2D eigenvalue weighted by atomic mass is 32.1. The number of nitrogens with zero attached hydrogens (tertiary/aromatic N) is 2. The van der Waals surface area contributed by atoms with Crippen molar-refractivity contribution in [2.45, 2.75) is 20.0 Å².